The van der Waals surface area contributed by atoms with Crippen molar-refractivity contribution in [3.05, 3.63) is 29.3 Å². The van der Waals surface area contributed by atoms with Crippen molar-refractivity contribution >= 4 is 21.6 Å². The van der Waals surface area contributed by atoms with Gasteiger partial charge in [0.1, 0.15) is 6.54 Å². The van der Waals surface area contributed by atoms with Gasteiger partial charge >= 0.3 is 0 Å². The average molecular weight is 396 g/mol. The lowest BCUT2D eigenvalue weighted by molar-refractivity contribution is -0.119. The van der Waals surface area contributed by atoms with Crippen molar-refractivity contribution in [3.8, 4) is 0 Å². The first kappa shape index (κ1) is 21.7. The number of nitrogens with zero attached hydrogens (tertiary/aromatic N) is 2. The predicted molar refractivity (Wildman–Crippen MR) is 111 cm³/mol. The monoisotopic (exact) mass is 395 g/mol. The van der Waals surface area contributed by atoms with Gasteiger partial charge in [0.2, 0.25) is 15.9 Å². The van der Waals surface area contributed by atoms with Crippen molar-refractivity contribution < 1.29 is 13.2 Å². The third-order valence-corrected chi connectivity index (χ3v) is 6.12. The molecule has 27 heavy (non-hydrogen) atoms. The number of carbonyl (C=O) groups is 1. The second kappa shape index (κ2) is 10.1. The molecule has 0 bridgehead atoms. The smallest absolute Gasteiger partial charge is 0.240 e. The van der Waals surface area contributed by atoms with Gasteiger partial charge in [-0.05, 0) is 69.9 Å². The largest absolute Gasteiger partial charge is 0.354 e. The lowest BCUT2D eigenvalue weighted by Gasteiger charge is -2.24. The minimum atomic E-state index is -3.54. The maximum atomic E-state index is 12.3. The molecule has 0 unspecified atom stereocenters. The summed E-state index contributed by atoms with van der Waals surface area (Å²) in [5, 5.41) is 2.87. The van der Waals surface area contributed by atoms with E-state index >= 15 is 0 Å². The molecule has 1 aromatic carbocycles. The highest BCUT2D eigenvalue weighted by molar-refractivity contribution is 7.92. The quantitative estimate of drug-likeness (QED) is 0.687. The van der Waals surface area contributed by atoms with Crippen molar-refractivity contribution in [2.24, 2.45) is 0 Å². The van der Waals surface area contributed by atoms with Crippen LogP contribution in [0.15, 0.2) is 18.2 Å². The van der Waals surface area contributed by atoms with Crippen LogP contribution in [0.4, 0.5) is 5.69 Å². The summed E-state index contributed by atoms with van der Waals surface area (Å²) < 4.78 is 25.7. The highest BCUT2D eigenvalue weighted by Gasteiger charge is 2.22. The van der Waals surface area contributed by atoms with Crippen molar-refractivity contribution in [2.45, 2.75) is 46.0 Å². The molecule has 0 saturated carbocycles. The number of sulfonamides is 1. The Labute approximate surface area is 164 Å². The number of rotatable bonds is 8. The zero-order valence-electron chi connectivity index (χ0n) is 16.8. The third kappa shape index (κ3) is 7.14. The molecule has 1 heterocycles. The zero-order valence-corrected chi connectivity index (χ0v) is 17.6. The SMILES string of the molecule is Cc1ccc(C)c(N(CC(=O)NCCCN2CCCCCC2)S(C)(=O)=O)c1. The molecule has 1 saturated heterocycles. The molecule has 1 aromatic rings. The highest BCUT2D eigenvalue weighted by atomic mass is 32.2. The van der Waals surface area contributed by atoms with Gasteiger partial charge in [-0.3, -0.25) is 9.10 Å². The summed E-state index contributed by atoms with van der Waals surface area (Å²) >= 11 is 0. The molecule has 0 radical (unpaired) electrons. The molecule has 6 nitrogen and oxygen atoms in total. The van der Waals surface area contributed by atoms with E-state index < -0.39 is 10.0 Å². The fourth-order valence-electron chi connectivity index (χ4n) is 3.45. The van der Waals surface area contributed by atoms with Crippen LogP contribution in [0.5, 0.6) is 0 Å². The van der Waals surface area contributed by atoms with E-state index in [0.29, 0.717) is 12.2 Å². The number of hydrogen-bond acceptors (Lipinski definition) is 4. The summed E-state index contributed by atoms with van der Waals surface area (Å²) in [6.07, 6.45) is 7.16. The summed E-state index contributed by atoms with van der Waals surface area (Å²) in [6.45, 7) is 7.41. The number of amides is 1. The van der Waals surface area contributed by atoms with Crippen LogP contribution in [0.1, 0.15) is 43.2 Å². The molecule has 1 N–H and O–H groups in total. The summed E-state index contributed by atoms with van der Waals surface area (Å²) in [4.78, 5) is 14.8. The van der Waals surface area contributed by atoms with Crippen LogP contribution in [-0.4, -0.2) is 58.2 Å². The number of hydrogen-bond donors (Lipinski definition) is 1. The van der Waals surface area contributed by atoms with E-state index in [9.17, 15) is 13.2 Å². The van der Waals surface area contributed by atoms with Crippen molar-refractivity contribution in [2.75, 3.05) is 43.3 Å². The molecule has 2 rings (SSSR count). The number of nitrogens with one attached hydrogen (secondary N) is 1. The first-order valence-corrected chi connectivity index (χ1v) is 11.7. The van der Waals surface area contributed by atoms with Crippen LogP contribution >= 0.6 is 0 Å². The maximum Gasteiger partial charge on any atom is 0.240 e. The van der Waals surface area contributed by atoms with Crippen LogP contribution in [0.25, 0.3) is 0 Å². The van der Waals surface area contributed by atoms with E-state index in [1.807, 2.05) is 32.0 Å². The summed E-state index contributed by atoms with van der Waals surface area (Å²) in [7, 11) is -3.54. The lowest BCUT2D eigenvalue weighted by atomic mass is 10.1. The van der Waals surface area contributed by atoms with Crippen molar-refractivity contribution in [3.63, 3.8) is 0 Å². The summed E-state index contributed by atoms with van der Waals surface area (Å²) in [6, 6.07) is 5.62. The second-order valence-electron chi connectivity index (χ2n) is 7.52. The van der Waals surface area contributed by atoms with Crippen LogP contribution in [0, 0.1) is 13.8 Å². The van der Waals surface area contributed by atoms with E-state index in [0.717, 1.165) is 43.4 Å². The van der Waals surface area contributed by atoms with Gasteiger partial charge in [0.25, 0.3) is 0 Å². The molecule has 1 aliphatic rings. The molecule has 1 fully saturated rings. The molecule has 7 heteroatoms. The number of likely N-dealkylation sites (tertiary alicyclic amines) is 1. The van der Waals surface area contributed by atoms with E-state index in [1.54, 1.807) is 0 Å². The number of aryl methyl sites for hydroxylation is 2. The zero-order chi connectivity index (χ0) is 19.9. The van der Waals surface area contributed by atoms with Gasteiger partial charge in [-0.1, -0.05) is 25.0 Å². The Kier molecular flexibility index (Phi) is 8.10. The summed E-state index contributed by atoms with van der Waals surface area (Å²) in [5.41, 5.74) is 2.36. The molecule has 152 valence electrons. The van der Waals surface area contributed by atoms with E-state index in [2.05, 4.69) is 10.2 Å². The minimum absolute atomic E-state index is 0.188. The first-order valence-electron chi connectivity index (χ1n) is 9.81. The van der Waals surface area contributed by atoms with Gasteiger partial charge in [-0.2, -0.15) is 0 Å². The molecule has 0 aromatic heterocycles. The average Bonchev–Trinajstić information content (AvgIpc) is 2.87. The second-order valence-corrected chi connectivity index (χ2v) is 9.43. The van der Waals surface area contributed by atoms with Gasteiger partial charge in [-0.15, -0.1) is 0 Å². The standard InChI is InChI=1S/C20H33N3O3S/c1-17-9-10-18(2)19(15-17)23(27(3,25)26)16-20(24)21-11-8-14-22-12-6-4-5-7-13-22/h9-10,15H,4-8,11-14,16H2,1-3H3,(H,21,24). The van der Waals surface area contributed by atoms with Gasteiger partial charge in [-0.25, -0.2) is 8.42 Å². The Bertz CT molecular complexity index is 726. The highest BCUT2D eigenvalue weighted by Crippen LogP contribution is 2.23. The molecule has 1 amide bonds. The lowest BCUT2D eigenvalue weighted by Crippen LogP contribution is -2.41. The predicted octanol–water partition coefficient (Wildman–Crippen LogP) is 2.45. The molecule has 0 spiro atoms. The van der Waals surface area contributed by atoms with Crippen molar-refractivity contribution in [1.82, 2.24) is 10.2 Å². The van der Waals surface area contributed by atoms with Crippen LogP contribution < -0.4 is 9.62 Å². The minimum Gasteiger partial charge on any atom is -0.354 e. The topological polar surface area (TPSA) is 69.7 Å². The van der Waals surface area contributed by atoms with Crippen LogP contribution in [0.3, 0.4) is 0 Å². The van der Waals surface area contributed by atoms with Crippen LogP contribution in [-0.2, 0) is 14.8 Å². The summed E-state index contributed by atoms with van der Waals surface area (Å²) in [5.74, 6) is -0.266. The first-order chi connectivity index (χ1) is 12.8. The fraction of sp³-hybridized carbons (Fsp3) is 0.650. The van der Waals surface area contributed by atoms with Gasteiger partial charge < -0.3 is 10.2 Å². The molecular weight excluding hydrogens is 362 g/mol. The Morgan fingerprint density at radius 2 is 1.81 bits per heavy atom. The molecule has 1 aliphatic heterocycles. The van der Waals surface area contributed by atoms with Gasteiger partial charge in [0.05, 0.1) is 11.9 Å². The van der Waals surface area contributed by atoms with Crippen LogP contribution in [0.2, 0.25) is 0 Å². The molecule has 0 atom stereocenters. The Hall–Kier alpha value is -1.60. The maximum absolute atomic E-state index is 12.3. The normalized spacial score (nSPS) is 16.0. The Morgan fingerprint density at radius 1 is 1.15 bits per heavy atom. The van der Waals surface area contributed by atoms with Crippen molar-refractivity contribution in [1.29, 1.82) is 0 Å². The van der Waals surface area contributed by atoms with E-state index in [4.69, 9.17) is 0 Å². The van der Waals surface area contributed by atoms with E-state index in [1.165, 1.54) is 30.0 Å². The Morgan fingerprint density at radius 3 is 2.44 bits per heavy atom. The van der Waals surface area contributed by atoms with E-state index in [-0.39, 0.29) is 12.5 Å². The number of carbonyl (C=O) groups excluding carboxylic acids is 1. The molecule has 0 aliphatic carbocycles. The Balaban J connectivity index is 1.88. The number of anilines is 1. The number of benzene rings is 1. The third-order valence-electron chi connectivity index (χ3n) is 4.99. The molecular formula is C20H33N3O3S. The fourth-order valence-corrected chi connectivity index (χ4v) is 4.35. The van der Waals surface area contributed by atoms with Gasteiger partial charge in [0, 0.05) is 6.54 Å². The van der Waals surface area contributed by atoms with Gasteiger partial charge in [0.15, 0.2) is 0 Å².